The Morgan fingerprint density at radius 1 is 1.17 bits per heavy atom. The van der Waals surface area contributed by atoms with Gasteiger partial charge in [0.05, 0.1) is 30.0 Å². The molecule has 5 heteroatoms. The second-order valence-corrected chi connectivity index (χ2v) is 6.62. The maximum atomic E-state index is 14.4. The first-order valence-electron chi connectivity index (χ1n) is 7.99. The van der Waals surface area contributed by atoms with E-state index in [1.54, 1.807) is 12.1 Å². The number of benzene rings is 2. The molecule has 2 aliphatic heterocycles. The zero-order valence-electron chi connectivity index (χ0n) is 13.5. The molecular formula is C19H17ClFN3. The molecule has 122 valence electrons. The Bertz CT molecular complexity index is 875. The van der Waals surface area contributed by atoms with Crippen LogP contribution in [0.5, 0.6) is 0 Å². The number of aliphatic imine (C=N–C) groups is 2. The fourth-order valence-electron chi connectivity index (χ4n) is 3.48. The van der Waals surface area contributed by atoms with Gasteiger partial charge in [-0.1, -0.05) is 23.7 Å². The van der Waals surface area contributed by atoms with Crippen molar-refractivity contribution >= 4 is 28.8 Å². The van der Waals surface area contributed by atoms with Gasteiger partial charge in [-0.25, -0.2) is 4.39 Å². The summed E-state index contributed by atoms with van der Waals surface area (Å²) in [6, 6.07) is 12.6. The zero-order valence-corrected chi connectivity index (χ0v) is 14.3. The normalized spacial score (nSPS) is 22.4. The molecule has 0 saturated carbocycles. The molecule has 0 bridgehead atoms. The second-order valence-electron chi connectivity index (χ2n) is 6.18. The van der Waals surface area contributed by atoms with E-state index in [0.29, 0.717) is 22.8 Å². The van der Waals surface area contributed by atoms with Crippen LogP contribution in [0, 0.1) is 5.82 Å². The summed E-state index contributed by atoms with van der Waals surface area (Å²) in [6.07, 6.45) is 0. The summed E-state index contributed by atoms with van der Waals surface area (Å²) in [7, 11) is 0. The van der Waals surface area contributed by atoms with Crippen molar-refractivity contribution < 1.29 is 4.39 Å². The lowest BCUT2D eigenvalue weighted by Gasteiger charge is -2.28. The van der Waals surface area contributed by atoms with E-state index in [2.05, 4.69) is 16.8 Å². The number of fused-ring (bicyclic) bond motifs is 3. The molecule has 0 fully saturated rings. The third-order valence-electron chi connectivity index (χ3n) is 4.68. The van der Waals surface area contributed by atoms with Gasteiger partial charge < -0.3 is 4.90 Å². The smallest absolute Gasteiger partial charge is 0.132 e. The van der Waals surface area contributed by atoms with Crippen molar-refractivity contribution in [1.82, 2.24) is 0 Å². The summed E-state index contributed by atoms with van der Waals surface area (Å²) < 4.78 is 14.4. The number of hydrogen-bond donors (Lipinski definition) is 0. The largest absolute Gasteiger partial charge is 0.323 e. The van der Waals surface area contributed by atoms with Crippen LogP contribution in [0.3, 0.4) is 0 Å². The molecule has 2 aromatic carbocycles. The molecule has 3 nitrogen and oxygen atoms in total. The number of nitrogens with zero attached hydrogens (tertiary/aromatic N) is 3. The summed E-state index contributed by atoms with van der Waals surface area (Å²) in [5, 5.41) is 0.609. The maximum absolute atomic E-state index is 14.4. The van der Waals surface area contributed by atoms with Gasteiger partial charge in [-0.2, -0.15) is 0 Å². The van der Waals surface area contributed by atoms with Gasteiger partial charge in [0.25, 0.3) is 0 Å². The minimum atomic E-state index is -0.276. The fraction of sp³-hybridized carbons (Fsp3) is 0.263. The molecule has 0 saturated heterocycles. The Balaban J connectivity index is 1.99. The molecule has 0 aliphatic carbocycles. The first-order chi connectivity index (χ1) is 11.6. The molecule has 2 aromatic rings. The quantitative estimate of drug-likeness (QED) is 0.759. The Labute approximate surface area is 145 Å². The summed E-state index contributed by atoms with van der Waals surface area (Å²) >= 11 is 6.24. The SMILES string of the molecule is CC1=NCC2C(C)N=C(c3ccccc3F)c3cc(Cl)ccc3N12. The maximum Gasteiger partial charge on any atom is 0.132 e. The van der Waals surface area contributed by atoms with E-state index >= 15 is 0 Å². The number of halogens is 2. The molecule has 0 radical (unpaired) electrons. The topological polar surface area (TPSA) is 28.0 Å². The molecule has 0 N–H and O–H groups in total. The number of hydrogen-bond acceptors (Lipinski definition) is 3. The van der Waals surface area contributed by atoms with E-state index in [-0.39, 0.29) is 17.9 Å². The molecule has 2 aliphatic rings. The van der Waals surface area contributed by atoms with Crippen LogP contribution in [-0.2, 0) is 0 Å². The highest BCUT2D eigenvalue weighted by atomic mass is 35.5. The first kappa shape index (κ1) is 15.3. The van der Waals surface area contributed by atoms with Crippen LogP contribution in [0.15, 0.2) is 52.4 Å². The van der Waals surface area contributed by atoms with E-state index in [1.165, 1.54) is 6.07 Å². The van der Waals surface area contributed by atoms with Crippen LogP contribution in [-0.4, -0.2) is 30.2 Å². The minimum absolute atomic E-state index is 0.00742. The molecule has 0 amide bonds. The average molecular weight is 342 g/mol. The predicted molar refractivity (Wildman–Crippen MR) is 97.2 cm³/mol. The van der Waals surface area contributed by atoms with Crippen LogP contribution in [0.25, 0.3) is 0 Å². The third-order valence-corrected chi connectivity index (χ3v) is 4.91. The van der Waals surface area contributed by atoms with Gasteiger partial charge in [0.1, 0.15) is 11.7 Å². The number of rotatable bonds is 1. The monoisotopic (exact) mass is 341 g/mol. The molecular weight excluding hydrogens is 325 g/mol. The average Bonchev–Trinajstić information content (AvgIpc) is 2.89. The van der Waals surface area contributed by atoms with E-state index in [1.807, 2.05) is 31.2 Å². The predicted octanol–water partition coefficient (Wildman–Crippen LogP) is 4.33. The lowest BCUT2D eigenvalue weighted by atomic mass is 9.99. The van der Waals surface area contributed by atoms with Gasteiger partial charge in [0.15, 0.2) is 0 Å². The van der Waals surface area contributed by atoms with Crippen molar-refractivity contribution in [2.75, 3.05) is 11.4 Å². The summed E-state index contributed by atoms with van der Waals surface area (Å²) in [6.45, 7) is 4.75. The van der Waals surface area contributed by atoms with Crippen LogP contribution in [0.1, 0.15) is 25.0 Å². The standard InChI is InChI=1S/C19H17ClFN3/c1-11-18-10-22-12(2)24(18)17-8-7-13(20)9-15(17)19(23-11)14-5-3-4-6-16(14)21/h3-9,11,18H,10H2,1-2H3. The summed E-state index contributed by atoms with van der Waals surface area (Å²) in [5.41, 5.74) is 2.98. The van der Waals surface area contributed by atoms with Crippen LogP contribution < -0.4 is 4.90 Å². The highest BCUT2D eigenvalue weighted by Gasteiger charge is 2.36. The third kappa shape index (κ3) is 2.33. The minimum Gasteiger partial charge on any atom is -0.323 e. The van der Waals surface area contributed by atoms with Crippen molar-refractivity contribution in [3.63, 3.8) is 0 Å². The van der Waals surface area contributed by atoms with Gasteiger partial charge in [-0.05, 0) is 44.2 Å². The van der Waals surface area contributed by atoms with Gasteiger partial charge >= 0.3 is 0 Å². The molecule has 2 heterocycles. The van der Waals surface area contributed by atoms with Crippen LogP contribution in [0.4, 0.5) is 10.1 Å². The number of amidine groups is 1. The van der Waals surface area contributed by atoms with Crippen molar-refractivity contribution in [1.29, 1.82) is 0 Å². The fourth-order valence-corrected chi connectivity index (χ4v) is 3.65. The van der Waals surface area contributed by atoms with Crippen LogP contribution >= 0.6 is 11.6 Å². The van der Waals surface area contributed by atoms with Gasteiger partial charge in [-0.15, -0.1) is 0 Å². The lowest BCUT2D eigenvalue weighted by molar-refractivity contribution is 0.592. The molecule has 4 rings (SSSR count). The lowest BCUT2D eigenvalue weighted by Crippen LogP contribution is -2.41. The molecule has 2 atom stereocenters. The summed E-state index contributed by atoms with van der Waals surface area (Å²) in [5.74, 6) is 0.683. The Hall–Kier alpha value is -2.20. The molecule has 2 unspecified atom stereocenters. The highest BCUT2D eigenvalue weighted by Crippen LogP contribution is 2.35. The van der Waals surface area contributed by atoms with E-state index in [0.717, 1.165) is 17.1 Å². The first-order valence-corrected chi connectivity index (χ1v) is 8.37. The van der Waals surface area contributed by atoms with Crippen LogP contribution in [0.2, 0.25) is 5.02 Å². The van der Waals surface area contributed by atoms with E-state index in [4.69, 9.17) is 16.6 Å². The van der Waals surface area contributed by atoms with E-state index < -0.39 is 0 Å². The van der Waals surface area contributed by atoms with Crippen molar-refractivity contribution in [3.05, 3.63) is 64.4 Å². The van der Waals surface area contributed by atoms with Crippen molar-refractivity contribution in [2.24, 2.45) is 9.98 Å². The molecule has 0 spiro atoms. The Morgan fingerprint density at radius 3 is 2.75 bits per heavy atom. The number of anilines is 1. The van der Waals surface area contributed by atoms with Gasteiger partial charge in [0, 0.05) is 16.1 Å². The molecule has 24 heavy (non-hydrogen) atoms. The zero-order chi connectivity index (χ0) is 16.8. The van der Waals surface area contributed by atoms with Crippen molar-refractivity contribution in [3.8, 4) is 0 Å². The highest BCUT2D eigenvalue weighted by molar-refractivity contribution is 6.31. The second kappa shape index (κ2) is 5.71. The van der Waals surface area contributed by atoms with E-state index in [9.17, 15) is 4.39 Å². The Morgan fingerprint density at radius 2 is 1.96 bits per heavy atom. The van der Waals surface area contributed by atoms with Crippen molar-refractivity contribution in [2.45, 2.75) is 25.9 Å². The van der Waals surface area contributed by atoms with Gasteiger partial charge in [-0.3, -0.25) is 9.98 Å². The molecule has 0 aromatic heterocycles. The summed E-state index contributed by atoms with van der Waals surface area (Å²) in [4.78, 5) is 11.6. The Kier molecular flexibility index (Phi) is 3.65. The van der Waals surface area contributed by atoms with Gasteiger partial charge in [0.2, 0.25) is 0 Å².